The molecule has 0 bridgehead atoms. The van der Waals surface area contributed by atoms with Crippen molar-refractivity contribution in [2.45, 2.75) is 25.9 Å². The van der Waals surface area contributed by atoms with Gasteiger partial charge in [-0.3, -0.25) is 4.90 Å². The van der Waals surface area contributed by atoms with Crippen LogP contribution in [0.15, 0.2) is 30.9 Å². The first-order valence-electron chi connectivity index (χ1n) is 8.46. The molecule has 2 aliphatic rings. The predicted octanol–water partition coefficient (Wildman–Crippen LogP) is 2.53. The Hall–Kier alpha value is -2.21. The van der Waals surface area contributed by atoms with Crippen LogP contribution in [-0.4, -0.2) is 41.4 Å². The Kier molecular flexibility index (Phi) is 4.30. The standard InChI is InChI=1S/C18H23N3O3/c1-22-16-8-18-17(23-13-24-18)7-15(16)11-20-5-2-3-14(9-20)10-21-6-4-19-12-21/h4,6-8,12,14H,2-3,5,9-11,13H2,1H3/t14-/m0/s1. The van der Waals surface area contributed by atoms with Gasteiger partial charge in [0.05, 0.1) is 13.4 Å². The number of benzene rings is 1. The summed E-state index contributed by atoms with van der Waals surface area (Å²) in [5.41, 5.74) is 1.16. The molecule has 0 radical (unpaired) electrons. The van der Waals surface area contributed by atoms with Gasteiger partial charge in [0.15, 0.2) is 11.5 Å². The van der Waals surface area contributed by atoms with E-state index in [-0.39, 0.29) is 0 Å². The van der Waals surface area contributed by atoms with Crippen LogP contribution >= 0.6 is 0 Å². The molecule has 1 fully saturated rings. The van der Waals surface area contributed by atoms with E-state index in [2.05, 4.69) is 20.5 Å². The maximum Gasteiger partial charge on any atom is 0.231 e. The predicted molar refractivity (Wildman–Crippen MR) is 89.3 cm³/mol. The Balaban J connectivity index is 1.44. The first-order valence-corrected chi connectivity index (χ1v) is 8.46. The number of aromatic nitrogens is 2. The summed E-state index contributed by atoms with van der Waals surface area (Å²) in [6.45, 7) is 4.42. The van der Waals surface area contributed by atoms with E-state index < -0.39 is 0 Å². The van der Waals surface area contributed by atoms with Crippen LogP contribution in [0.3, 0.4) is 0 Å². The minimum absolute atomic E-state index is 0.290. The van der Waals surface area contributed by atoms with Crippen LogP contribution in [0.2, 0.25) is 0 Å². The fourth-order valence-corrected chi connectivity index (χ4v) is 3.66. The normalized spacial score (nSPS) is 20.3. The molecule has 0 aliphatic carbocycles. The molecule has 1 saturated heterocycles. The van der Waals surface area contributed by atoms with Crippen molar-refractivity contribution >= 4 is 0 Å². The lowest BCUT2D eigenvalue weighted by Crippen LogP contribution is -2.36. The van der Waals surface area contributed by atoms with E-state index in [1.807, 2.05) is 24.8 Å². The third kappa shape index (κ3) is 3.19. The second-order valence-corrected chi connectivity index (χ2v) is 6.52. The summed E-state index contributed by atoms with van der Waals surface area (Å²) in [7, 11) is 1.71. The molecule has 6 nitrogen and oxygen atoms in total. The molecule has 0 spiro atoms. The minimum Gasteiger partial charge on any atom is -0.496 e. The zero-order valence-corrected chi connectivity index (χ0v) is 14.0. The summed E-state index contributed by atoms with van der Waals surface area (Å²) in [5.74, 6) is 3.12. The lowest BCUT2D eigenvalue weighted by Gasteiger charge is -2.33. The van der Waals surface area contributed by atoms with Gasteiger partial charge in [0.25, 0.3) is 0 Å². The SMILES string of the molecule is COc1cc2c(cc1CN1CCC[C@H](Cn3ccnc3)C1)OCO2. The van der Waals surface area contributed by atoms with Crippen LogP contribution in [0.1, 0.15) is 18.4 Å². The number of fused-ring (bicyclic) bond motifs is 1. The highest BCUT2D eigenvalue weighted by atomic mass is 16.7. The Labute approximate surface area is 142 Å². The van der Waals surface area contributed by atoms with Gasteiger partial charge >= 0.3 is 0 Å². The van der Waals surface area contributed by atoms with E-state index in [0.717, 1.165) is 49.0 Å². The monoisotopic (exact) mass is 329 g/mol. The van der Waals surface area contributed by atoms with E-state index in [1.165, 1.54) is 12.8 Å². The maximum atomic E-state index is 5.55. The first kappa shape index (κ1) is 15.3. The highest BCUT2D eigenvalue weighted by Gasteiger charge is 2.23. The zero-order chi connectivity index (χ0) is 16.4. The van der Waals surface area contributed by atoms with Gasteiger partial charge in [0.2, 0.25) is 6.79 Å². The van der Waals surface area contributed by atoms with Crippen molar-refractivity contribution in [3.05, 3.63) is 36.4 Å². The molecule has 1 aromatic heterocycles. The van der Waals surface area contributed by atoms with E-state index in [1.54, 1.807) is 7.11 Å². The second-order valence-electron chi connectivity index (χ2n) is 6.52. The van der Waals surface area contributed by atoms with Crippen molar-refractivity contribution in [2.75, 3.05) is 27.0 Å². The molecule has 4 rings (SSSR count). The molecule has 24 heavy (non-hydrogen) atoms. The van der Waals surface area contributed by atoms with E-state index in [9.17, 15) is 0 Å². The first-order chi connectivity index (χ1) is 11.8. The Morgan fingerprint density at radius 3 is 2.96 bits per heavy atom. The molecule has 0 amide bonds. The van der Waals surface area contributed by atoms with E-state index in [4.69, 9.17) is 14.2 Å². The highest BCUT2D eigenvalue weighted by Crippen LogP contribution is 2.38. The van der Waals surface area contributed by atoms with Gasteiger partial charge in [-0.1, -0.05) is 0 Å². The number of piperidine rings is 1. The number of likely N-dealkylation sites (tertiary alicyclic amines) is 1. The molecule has 1 aromatic carbocycles. The number of imidazole rings is 1. The fraction of sp³-hybridized carbons (Fsp3) is 0.500. The van der Waals surface area contributed by atoms with Crippen molar-refractivity contribution < 1.29 is 14.2 Å². The largest absolute Gasteiger partial charge is 0.496 e. The summed E-state index contributed by atoms with van der Waals surface area (Å²) in [4.78, 5) is 6.64. The number of hydrogen-bond acceptors (Lipinski definition) is 5. The summed E-state index contributed by atoms with van der Waals surface area (Å²) in [6, 6.07) is 3.99. The molecule has 3 heterocycles. The fourth-order valence-electron chi connectivity index (χ4n) is 3.66. The van der Waals surface area contributed by atoms with Gasteiger partial charge in [-0.05, 0) is 31.4 Å². The van der Waals surface area contributed by atoms with Crippen LogP contribution < -0.4 is 14.2 Å². The van der Waals surface area contributed by atoms with Crippen LogP contribution in [-0.2, 0) is 13.1 Å². The van der Waals surface area contributed by atoms with Gasteiger partial charge in [-0.15, -0.1) is 0 Å². The molecular formula is C18H23N3O3. The zero-order valence-electron chi connectivity index (χ0n) is 14.0. The molecular weight excluding hydrogens is 306 g/mol. The third-order valence-electron chi connectivity index (χ3n) is 4.80. The summed E-state index contributed by atoms with van der Waals surface area (Å²) in [5, 5.41) is 0. The van der Waals surface area contributed by atoms with Gasteiger partial charge < -0.3 is 18.8 Å². The smallest absolute Gasteiger partial charge is 0.231 e. The number of methoxy groups -OCH3 is 1. The summed E-state index contributed by atoms with van der Waals surface area (Å²) >= 11 is 0. The van der Waals surface area contributed by atoms with Gasteiger partial charge in [-0.2, -0.15) is 0 Å². The van der Waals surface area contributed by atoms with Crippen LogP contribution in [0, 0.1) is 5.92 Å². The lowest BCUT2D eigenvalue weighted by atomic mass is 9.97. The Morgan fingerprint density at radius 1 is 1.29 bits per heavy atom. The third-order valence-corrected chi connectivity index (χ3v) is 4.80. The molecule has 0 N–H and O–H groups in total. The van der Waals surface area contributed by atoms with Crippen LogP contribution in [0.5, 0.6) is 17.2 Å². The quantitative estimate of drug-likeness (QED) is 0.844. The van der Waals surface area contributed by atoms with Crippen molar-refractivity contribution in [1.82, 2.24) is 14.5 Å². The van der Waals surface area contributed by atoms with Crippen LogP contribution in [0.25, 0.3) is 0 Å². The molecule has 6 heteroatoms. The maximum absolute atomic E-state index is 5.55. The van der Waals surface area contributed by atoms with Crippen molar-refractivity contribution in [1.29, 1.82) is 0 Å². The van der Waals surface area contributed by atoms with Crippen molar-refractivity contribution in [3.8, 4) is 17.2 Å². The summed E-state index contributed by atoms with van der Waals surface area (Å²) in [6.07, 6.45) is 8.29. The molecule has 2 aromatic rings. The number of nitrogens with zero attached hydrogens (tertiary/aromatic N) is 3. The lowest BCUT2D eigenvalue weighted by molar-refractivity contribution is 0.154. The Morgan fingerprint density at radius 2 is 2.17 bits per heavy atom. The molecule has 0 unspecified atom stereocenters. The van der Waals surface area contributed by atoms with Gasteiger partial charge in [-0.25, -0.2) is 4.98 Å². The average molecular weight is 329 g/mol. The Bertz CT molecular complexity index is 687. The van der Waals surface area contributed by atoms with E-state index >= 15 is 0 Å². The van der Waals surface area contributed by atoms with Crippen molar-refractivity contribution in [2.24, 2.45) is 5.92 Å². The van der Waals surface area contributed by atoms with Crippen LogP contribution in [0.4, 0.5) is 0 Å². The topological polar surface area (TPSA) is 48.8 Å². The van der Waals surface area contributed by atoms with Gasteiger partial charge in [0.1, 0.15) is 5.75 Å². The molecule has 2 aliphatic heterocycles. The summed E-state index contributed by atoms with van der Waals surface area (Å²) < 4.78 is 18.7. The molecule has 128 valence electrons. The molecule has 1 atom stereocenters. The number of hydrogen-bond donors (Lipinski definition) is 0. The average Bonchev–Trinajstić information content (AvgIpc) is 3.25. The molecule has 0 saturated carbocycles. The van der Waals surface area contributed by atoms with Crippen molar-refractivity contribution in [3.63, 3.8) is 0 Å². The number of ether oxygens (including phenoxy) is 3. The van der Waals surface area contributed by atoms with Gasteiger partial charge in [0, 0.05) is 43.7 Å². The highest BCUT2D eigenvalue weighted by molar-refractivity contribution is 5.51. The van der Waals surface area contributed by atoms with E-state index in [0.29, 0.717) is 12.7 Å². The number of rotatable bonds is 5. The minimum atomic E-state index is 0.290. The second kappa shape index (κ2) is 6.73.